The van der Waals surface area contributed by atoms with Gasteiger partial charge in [0, 0.05) is 29.2 Å². The molecule has 2 amide bonds. The van der Waals surface area contributed by atoms with Gasteiger partial charge in [-0.15, -0.1) is 13.2 Å². The summed E-state index contributed by atoms with van der Waals surface area (Å²) in [4.78, 5) is 51.2. The Morgan fingerprint density at radius 1 is 0.979 bits per heavy atom. The monoisotopic (exact) mass is 650 g/mol. The molecule has 242 valence electrons. The van der Waals surface area contributed by atoms with E-state index in [0.717, 1.165) is 12.1 Å². The highest BCUT2D eigenvalue weighted by molar-refractivity contribution is 6.22. The van der Waals surface area contributed by atoms with Gasteiger partial charge in [0.1, 0.15) is 28.6 Å². The summed E-state index contributed by atoms with van der Waals surface area (Å²) in [6.07, 6.45) is -5.31. The van der Waals surface area contributed by atoms with Crippen molar-refractivity contribution in [3.63, 3.8) is 0 Å². The second-order valence-corrected chi connectivity index (χ2v) is 11.5. The number of aliphatic hydroxyl groups excluding tert-OH is 2. The molecule has 3 aromatic rings. The van der Waals surface area contributed by atoms with Gasteiger partial charge in [-0.25, -0.2) is 0 Å². The fourth-order valence-corrected chi connectivity index (χ4v) is 6.66. The molecule has 0 spiro atoms. The number of hydrogen-bond donors (Lipinski definition) is 6. The predicted molar refractivity (Wildman–Crippen MR) is 158 cm³/mol. The van der Waals surface area contributed by atoms with E-state index >= 15 is 0 Å². The number of carbonyl (C=O) groups excluding carboxylic acids is 4. The maximum atomic E-state index is 13.7. The number of primary amides is 1. The van der Waals surface area contributed by atoms with E-state index < -0.39 is 82.2 Å². The summed E-state index contributed by atoms with van der Waals surface area (Å²) in [5.74, 6) is -8.40. The van der Waals surface area contributed by atoms with Gasteiger partial charge in [0.05, 0.1) is 5.56 Å². The number of hydrogen-bond acceptors (Lipinski definition) is 9. The first kappa shape index (κ1) is 31.4. The van der Waals surface area contributed by atoms with Crippen LogP contribution in [-0.4, -0.2) is 55.8 Å². The number of benzene rings is 3. The van der Waals surface area contributed by atoms with Crippen LogP contribution in [0.2, 0.25) is 0 Å². The number of rotatable bonds is 5. The van der Waals surface area contributed by atoms with Gasteiger partial charge in [0.2, 0.25) is 5.78 Å². The van der Waals surface area contributed by atoms with Crippen LogP contribution in [0, 0.1) is 11.8 Å². The van der Waals surface area contributed by atoms with Crippen LogP contribution in [0.5, 0.6) is 11.5 Å². The molecule has 3 aromatic carbocycles. The maximum absolute atomic E-state index is 13.7. The second-order valence-electron chi connectivity index (χ2n) is 11.5. The van der Waals surface area contributed by atoms with E-state index in [4.69, 9.17) is 5.73 Å². The van der Waals surface area contributed by atoms with E-state index in [1.807, 2.05) is 0 Å². The molecule has 0 saturated heterocycles. The fraction of sp³-hybridized carbons (Fsp3) is 0.212. The third-order valence-corrected chi connectivity index (χ3v) is 8.73. The minimum absolute atomic E-state index is 0.0484. The first-order valence-corrected chi connectivity index (χ1v) is 14.2. The molecule has 47 heavy (non-hydrogen) atoms. The number of aliphatic hydroxyl groups is 3. The summed E-state index contributed by atoms with van der Waals surface area (Å²) in [5.41, 5.74) is 3.01. The minimum atomic E-state index is -4.87. The quantitative estimate of drug-likeness (QED) is 0.219. The number of anilines is 1. The largest absolute Gasteiger partial charge is 0.573 e. The van der Waals surface area contributed by atoms with Crippen LogP contribution in [0.15, 0.2) is 77.6 Å². The number of Topliss-reactive ketones (excluding diaryl/α,β-unsaturated/α-hetero) is 2. The van der Waals surface area contributed by atoms with Gasteiger partial charge in [-0.3, -0.25) is 19.2 Å². The smallest absolute Gasteiger partial charge is 0.508 e. The van der Waals surface area contributed by atoms with Crippen molar-refractivity contribution in [3.8, 4) is 22.6 Å². The number of nitrogens with two attached hydrogens (primary N) is 1. The third-order valence-electron chi connectivity index (χ3n) is 8.73. The fourth-order valence-electron chi connectivity index (χ4n) is 6.66. The number of ketones is 2. The average molecular weight is 651 g/mol. The van der Waals surface area contributed by atoms with Crippen molar-refractivity contribution in [2.75, 3.05) is 5.32 Å². The van der Waals surface area contributed by atoms with E-state index in [9.17, 15) is 52.8 Å². The molecule has 0 unspecified atom stereocenters. The summed E-state index contributed by atoms with van der Waals surface area (Å²) < 4.78 is 41.2. The van der Waals surface area contributed by atoms with E-state index in [1.54, 1.807) is 18.2 Å². The van der Waals surface area contributed by atoms with E-state index in [1.165, 1.54) is 30.3 Å². The van der Waals surface area contributed by atoms with Gasteiger partial charge in [-0.2, -0.15) is 0 Å². The van der Waals surface area contributed by atoms with Crippen molar-refractivity contribution < 1.29 is 57.5 Å². The van der Waals surface area contributed by atoms with Crippen molar-refractivity contribution in [1.82, 2.24) is 0 Å². The molecule has 14 heteroatoms. The number of ether oxygens (including phenoxy) is 1. The van der Waals surface area contributed by atoms with Gasteiger partial charge in [-0.1, -0.05) is 18.2 Å². The molecule has 6 rings (SSSR count). The van der Waals surface area contributed by atoms with Crippen LogP contribution >= 0.6 is 0 Å². The van der Waals surface area contributed by atoms with Gasteiger partial charge in [-0.05, 0) is 77.9 Å². The summed E-state index contributed by atoms with van der Waals surface area (Å²) in [7, 11) is 0. The highest BCUT2D eigenvalue weighted by Crippen LogP contribution is 2.53. The SMILES string of the molecule is NC(=O)C1=C(O)[C@@]2(O)C(=O)C3=C(O)c4c(O)ccc(-c5cccc(C(=O)Nc6ccc(OC(F)(F)F)cc6)c5)c4C[C@H]3C[C@H]2CC1=O. The molecule has 3 aliphatic carbocycles. The molecular weight excluding hydrogens is 625 g/mol. The maximum Gasteiger partial charge on any atom is 0.573 e. The summed E-state index contributed by atoms with van der Waals surface area (Å²) in [6.45, 7) is 0. The summed E-state index contributed by atoms with van der Waals surface area (Å²) in [6, 6.07) is 13.7. The van der Waals surface area contributed by atoms with E-state index in [2.05, 4.69) is 10.1 Å². The Hall–Kier alpha value is -5.63. The van der Waals surface area contributed by atoms with Gasteiger partial charge >= 0.3 is 6.36 Å². The molecule has 1 fully saturated rings. The van der Waals surface area contributed by atoms with Crippen LogP contribution in [0.4, 0.5) is 18.9 Å². The van der Waals surface area contributed by atoms with Gasteiger partial charge < -0.3 is 36.2 Å². The highest BCUT2D eigenvalue weighted by Gasteiger charge is 2.60. The Bertz CT molecular complexity index is 1950. The predicted octanol–water partition coefficient (Wildman–Crippen LogP) is 4.24. The lowest BCUT2D eigenvalue weighted by Gasteiger charge is -2.46. The first-order chi connectivity index (χ1) is 22.1. The first-order valence-electron chi connectivity index (χ1n) is 14.2. The van der Waals surface area contributed by atoms with Crippen molar-refractivity contribution >= 4 is 34.8 Å². The Morgan fingerprint density at radius 2 is 1.68 bits per heavy atom. The molecule has 0 bridgehead atoms. The lowest BCUT2D eigenvalue weighted by Crippen LogP contribution is -2.58. The Labute approximate surface area is 263 Å². The highest BCUT2D eigenvalue weighted by atomic mass is 19.4. The topological polar surface area (TPSA) is 196 Å². The number of nitrogens with one attached hydrogen (secondary N) is 1. The molecule has 1 saturated carbocycles. The molecule has 0 radical (unpaired) electrons. The average Bonchev–Trinajstić information content (AvgIpc) is 2.99. The zero-order valence-corrected chi connectivity index (χ0v) is 24.1. The molecule has 0 aliphatic heterocycles. The van der Waals surface area contributed by atoms with Crippen LogP contribution in [0.1, 0.15) is 34.3 Å². The number of carbonyl (C=O) groups is 4. The van der Waals surface area contributed by atoms with Crippen LogP contribution in [0.3, 0.4) is 0 Å². The van der Waals surface area contributed by atoms with Crippen LogP contribution < -0.4 is 15.8 Å². The van der Waals surface area contributed by atoms with Gasteiger partial charge in [0.25, 0.3) is 11.8 Å². The van der Waals surface area contributed by atoms with Gasteiger partial charge in [0.15, 0.2) is 11.4 Å². The van der Waals surface area contributed by atoms with Crippen molar-refractivity contribution in [1.29, 1.82) is 0 Å². The number of fused-ring (bicyclic) bond motifs is 3. The molecule has 3 atom stereocenters. The summed E-state index contributed by atoms with van der Waals surface area (Å²) >= 11 is 0. The second kappa shape index (κ2) is 11.0. The number of alkyl halides is 3. The van der Waals surface area contributed by atoms with Crippen LogP contribution in [-0.2, 0) is 20.8 Å². The minimum Gasteiger partial charge on any atom is -0.508 e. The third kappa shape index (κ3) is 5.25. The van der Waals surface area contributed by atoms with E-state index in [-0.39, 0.29) is 35.2 Å². The number of phenols is 1. The molecule has 3 aliphatic rings. The zero-order chi connectivity index (χ0) is 34.0. The number of phenolic OH excluding ortho intramolecular Hbond substituents is 1. The van der Waals surface area contributed by atoms with Crippen molar-refractivity contribution in [2.24, 2.45) is 17.6 Å². The Morgan fingerprint density at radius 3 is 2.34 bits per heavy atom. The normalized spacial score (nSPS) is 22.3. The lowest BCUT2D eigenvalue weighted by atomic mass is 9.59. The molecule has 0 aromatic heterocycles. The van der Waals surface area contributed by atoms with Crippen molar-refractivity contribution in [2.45, 2.75) is 31.2 Å². The number of amides is 2. The standard InChI is InChI=1S/C33H25F3N2O9/c34-33(35,36)47-19-6-4-18(5-7-19)38-31(45)15-3-1-2-14(10-15)20-8-9-22(39)25-21(20)12-16-11-17-13-23(40)26(30(37)44)29(43)32(17,46)28(42)24(16)27(25)41/h1-10,16-17,39,41,43,46H,11-13H2,(H2,37,44)(H,38,45)/t16-,17+,32+/m1/s1. The Kier molecular flexibility index (Phi) is 7.35. The molecule has 11 nitrogen and oxygen atoms in total. The number of aromatic hydroxyl groups is 1. The van der Waals surface area contributed by atoms with Crippen LogP contribution in [0.25, 0.3) is 16.9 Å². The van der Waals surface area contributed by atoms with Crippen molar-refractivity contribution in [3.05, 3.63) is 94.3 Å². The lowest BCUT2D eigenvalue weighted by molar-refractivity contribution is -0.274. The number of halogens is 3. The molecule has 0 heterocycles. The molecule has 7 N–H and O–H groups in total. The Balaban J connectivity index is 1.34. The zero-order valence-electron chi connectivity index (χ0n) is 24.1. The molecular formula is C33H25F3N2O9. The summed E-state index contributed by atoms with van der Waals surface area (Å²) in [5, 5.41) is 46.9. The van der Waals surface area contributed by atoms with E-state index in [0.29, 0.717) is 16.7 Å².